The number of hydrogen-bond donors (Lipinski definition) is 1. The van der Waals surface area contributed by atoms with Gasteiger partial charge in [-0.05, 0) is 53.8 Å². The molecule has 0 radical (unpaired) electrons. The van der Waals surface area contributed by atoms with Crippen molar-refractivity contribution in [3.05, 3.63) is 77.1 Å². The molecule has 3 atom stereocenters. The van der Waals surface area contributed by atoms with Crippen molar-refractivity contribution < 1.29 is 13.9 Å². The molecule has 0 aromatic heterocycles. The Hall–Kier alpha value is -2.62. The lowest BCUT2D eigenvalue weighted by Crippen LogP contribution is -2.29. The van der Waals surface area contributed by atoms with Gasteiger partial charge in [-0.15, -0.1) is 0 Å². The van der Waals surface area contributed by atoms with E-state index in [1.807, 2.05) is 18.2 Å². The molecular formula is C20H18FNO2. The molecule has 2 aromatic rings. The van der Waals surface area contributed by atoms with Crippen molar-refractivity contribution in [2.24, 2.45) is 5.92 Å². The zero-order valence-corrected chi connectivity index (χ0v) is 13.3. The van der Waals surface area contributed by atoms with Gasteiger partial charge in [0.05, 0.1) is 18.7 Å². The van der Waals surface area contributed by atoms with E-state index in [0.717, 1.165) is 23.2 Å². The van der Waals surface area contributed by atoms with Crippen molar-refractivity contribution in [2.45, 2.75) is 18.4 Å². The second-order valence-electron chi connectivity index (χ2n) is 6.32. The molecule has 2 aromatic carbocycles. The van der Waals surface area contributed by atoms with Gasteiger partial charge in [-0.3, -0.25) is 0 Å². The molecule has 2 aliphatic rings. The third kappa shape index (κ3) is 2.39. The first-order valence-electron chi connectivity index (χ1n) is 8.08. The first-order valence-corrected chi connectivity index (χ1v) is 8.08. The SMILES string of the molecule is COC(=O)c1ccc2c(c1)[C@@H]1C=CC[C@H]1[C@H](c1cccc(F)c1)N2. The Morgan fingerprint density at radius 3 is 2.92 bits per heavy atom. The molecule has 4 rings (SSSR count). The maximum Gasteiger partial charge on any atom is 0.337 e. The Bertz CT molecular complexity index is 830. The van der Waals surface area contributed by atoms with Crippen LogP contribution in [-0.2, 0) is 4.74 Å². The van der Waals surface area contributed by atoms with Gasteiger partial charge in [-0.1, -0.05) is 24.3 Å². The lowest BCUT2D eigenvalue weighted by Gasteiger charge is -2.37. The molecule has 0 amide bonds. The second kappa shape index (κ2) is 5.78. The number of carbonyl (C=O) groups is 1. The molecule has 24 heavy (non-hydrogen) atoms. The van der Waals surface area contributed by atoms with Crippen molar-refractivity contribution in [3.8, 4) is 0 Å². The van der Waals surface area contributed by atoms with Gasteiger partial charge in [0, 0.05) is 11.6 Å². The first-order chi connectivity index (χ1) is 11.7. The number of benzene rings is 2. The summed E-state index contributed by atoms with van der Waals surface area (Å²) in [5.41, 5.74) is 3.60. The van der Waals surface area contributed by atoms with E-state index in [1.165, 1.54) is 13.2 Å². The number of carbonyl (C=O) groups excluding carboxylic acids is 1. The third-order valence-electron chi connectivity index (χ3n) is 4.99. The summed E-state index contributed by atoms with van der Waals surface area (Å²) < 4.78 is 18.5. The second-order valence-corrected chi connectivity index (χ2v) is 6.32. The van der Waals surface area contributed by atoms with Crippen molar-refractivity contribution in [2.75, 3.05) is 12.4 Å². The Morgan fingerprint density at radius 2 is 2.12 bits per heavy atom. The van der Waals surface area contributed by atoms with E-state index in [0.29, 0.717) is 11.5 Å². The molecule has 1 N–H and O–H groups in total. The molecule has 0 saturated carbocycles. The van der Waals surface area contributed by atoms with Gasteiger partial charge < -0.3 is 10.1 Å². The predicted octanol–water partition coefficient (Wildman–Crippen LogP) is 4.44. The van der Waals surface area contributed by atoms with Crippen LogP contribution in [0.2, 0.25) is 0 Å². The van der Waals surface area contributed by atoms with Gasteiger partial charge in [0.15, 0.2) is 0 Å². The maximum atomic E-state index is 13.6. The fraction of sp³-hybridized carbons (Fsp3) is 0.250. The molecule has 3 nitrogen and oxygen atoms in total. The van der Waals surface area contributed by atoms with Crippen LogP contribution in [0.3, 0.4) is 0 Å². The van der Waals surface area contributed by atoms with Gasteiger partial charge in [0.2, 0.25) is 0 Å². The average molecular weight is 323 g/mol. The molecule has 0 unspecified atom stereocenters. The number of rotatable bonds is 2. The van der Waals surface area contributed by atoms with Gasteiger partial charge >= 0.3 is 5.97 Å². The van der Waals surface area contributed by atoms with E-state index < -0.39 is 0 Å². The molecule has 1 heterocycles. The summed E-state index contributed by atoms with van der Waals surface area (Å²) in [7, 11) is 1.39. The van der Waals surface area contributed by atoms with Gasteiger partial charge in [0.1, 0.15) is 5.82 Å². The highest BCUT2D eigenvalue weighted by Gasteiger charge is 2.38. The minimum atomic E-state index is -0.330. The van der Waals surface area contributed by atoms with Crippen LogP contribution in [0.25, 0.3) is 0 Å². The van der Waals surface area contributed by atoms with Crippen LogP contribution >= 0.6 is 0 Å². The Kier molecular flexibility index (Phi) is 3.60. The summed E-state index contributed by atoms with van der Waals surface area (Å²) in [6, 6.07) is 12.4. The standard InChI is InChI=1S/C20H18FNO2/c1-24-20(23)13-8-9-18-17(11-13)15-6-3-7-16(15)19(22-18)12-4-2-5-14(21)10-12/h2-6,8-11,15-16,19,22H,7H2,1H3/t15-,16-,19+/m1/s1. The van der Waals surface area contributed by atoms with Crippen LogP contribution in [0, 0.1) is 11.7 Å². The van der Waals surface area contributed by atoms with Gasteiger partial charge in [-0.2, -0.15) is 0 Å². The van der Waals surface area contributed by atoms with E-state index >= 15 is 0 Å². The third-order valence-corrected chi connectivity index (χ3v) is 4.99. The molecule has 1 aliphatic carbocycles. The van der Waals surface area contributed by atoms with Crippen LogP contribution in [0.1, 0.15) is 39.9 Å². The molecule has 1 aliphatic heterocycles. The minimum absolute atomic E-state index is 0.0529. The number of nitrogens with one attached hydrogen (secondary N) is 1. The lowest BCUT2D eigenvalue weighted by molar-refractivity contribution is 0.0600. The number of ether oxygens (including phenoxy) is 1. The zero-order chi connectivity index (χ0) is 16.7. The lowest BCUT2D eigenvalue weighted by atomic mass is 9.76. The molecule has 0 spiro atoms. The summed E-state index contributed by atoms with van der Waals surface area (Å²) in [4.78, 5) is 11.8. The summed E-state index contributed by atoms with van der Waals surface area (Å²) in [5, 5.41) is 3.54. The number of anilines is 1. The van der Waals surface area contributed by atoms with Crippen molar-refractivity contribution in [1.82, 2.24) is 0 Å². The van der Waals surface area contributed by atoms with Crippen LogP contribution in [0.4, 0.5) is 10.1 Å². The number of methoxy groups -OCH3 is 1. The zero-order valence-electron chi connectivity index (χ0n) is 13.3. The highest BCUT2D eigenvalue weighted by molar-refractivity contribution is 5.90. The fourth-order valence-corrected chi connectivity index (χ4v) is 3.87. The van der Waals surface area contributed by atoms with E-state index in [4.69, 9.17) is 4.74 Å². The van der Waals surface area contributed by atoms with Crippen LogP contribution in [0.15, 0.2) is 54.6 Å². The highest BCUT2D eigenvalue weighted by Crippen LogP contribution is 2.49. The first kappa shape index (κ1) is 14.9. The molecule has 4 heteroatoms. The molecule has 0 bridgehead atoms. The smallest absolute Gasteiger partial charge is 0.337 e. The maximum absolute atomic E-state index is 13.6. The fourth-order valence-electron chi connectivity index (χ4n) is 3.87. The van der Waals surface area contributed by atoms with Crippen molar-refractivity contribution in [3.63, 3.8) is 0 Å². The van der Waals surface area contributed by atoms with Crippen LogP contribution in [0.5, 0.6) is 0 Å². The van der Waals surface area contributed by atoms with Crippen molar-refractivity contribution in [1.29, 1.82) is 0 Å². The van der Waals surface area contributed by atoms with Gasteiger partial charge in [-0.25, -0.2) is 9.18 Å². The van der Waals surface area contributed by atoms with E-state index in [1.54, 1.807) is 18.2 Å². The molecular weight excluding hydrogens is 305 g/mol. The van der Waals surface area contributed by atoms with Crippen LogP contribution in [-0.4, -0.2) is 13.1 Å². The average Bonchev–Trinajstić information content (AvgIpc) is 3.10. The van der Waals surface area contributed by atoms with E-state index in [-0.39, 0.29) is 23.7 Å². The number of halogens is 1. The Labute approximate surface area is 140 Å². The minimum Gasteiger partial charge on any atom is -0.465 e. The number of allylic oxidation sites excluding steroid dienone is 2. The monoisotopic (exact) mass is 323 g/mol. The topological polar surface area (TPSA) is 38.3 Å². The summed E-state index contributed by atoms with van der Waals surface area (Å²) in [6.07, 6.45) is 5.29. The van der Waals surface area contributed by atoms with Crippen molar-refractivity contribution >= 4 is 11.7 Å². The predicted molar refractivity (Wildman–Crippen MR) is 90.5 cm³/mol. The Morgan fingerprint density at radius 1 is 1.25 bits per heavy atom. The Balaban J connectivity index is 1.76. The van der Waals surface area contributed by atoms with Gasteiger partial charge in [0.25, 0.3) is 0 Å². The number of fused-ring (bicyclic) bond motifs is 3. The largest absolute Gasteiger partial charge is 0.465 e. The summed E-state index contributed by atoms with van der Waals surface area (Å²) in [6.45, 7) is 0. The van der Waals surface area contributed by atoms with E-state index in [2.05, 4.69) is 17.5 Å². The highest BCUT2D eigenvalue weighted by atomic mass is 19.1. The number of esters is 1. The van der Waals surface area contributed by atoms with Crippen LogP contribution < -0.4 is 5.32 Å². The quantitative estimate of drug-likeness (QED) is 0.656. The summed E-state index contributed by atoms with van der Waals surface area (Å²) in [5.74, 6) is -0.0152. The molecule has 0 saturated heterocycles. The number of hydrogen-bond acceptors (Lipinski definition) is 3. The summed E-state index contributed by atoms with van der Waals surface area (Å²) >= 11 is 0. The molecule has 122 valence electrons. The van der Waals surface area contributed by atoms with E-state index in [9.17, 15) is 9.18 Å². The normalized spacial score (nSPS) is 24.0. The molecule has 0 fully saturated rings.